The fourth-order valence-electron chi connectivity index (χ4n) is 3.13. The normalized spacial score (nSPS) is 13.9. The third-order valence-corrected chi connectivity index (χ3v) is 4.45. The number of carbonyl (C=O) groups is 4. The van der Waals surface area contributed by atoms with Crippen LogP contribution in [-0.2, 0) is 19.2 Å². The lowest BCUT2D eigenvalue weighted by atomic mass is 10.1. The third-order valence-electron chi connectivity index (χ3n) is 4.45. The van der Waals surface area contributed by atoms with Crippen molar-refractivity contribution in [1.29, 1.82) is 0 Å². The van der Waals surface area contributed by atoms with Crippen molar-refractivity contribution in [3.05, 3.63) is 28.8 Å². The first-order valence-corrected chi connectivity index (χ1v) is 8.64. The predicted octanol–water partition coefficient (Wildman–Crippen LogP) is 1.55. The van der Waals surface area contributed by atoms with Gasteiger partial charge in [0.25, 0.3) is 0 Å². The van der Waals surface area contributed by atoms with Crippen molar-refractivity contribution < 1.29 is 19.2 Å². The average molecular weight is 359 g/mol. The molecule has 1 N–H and O–H groups in total. The Labute approximate surface area is 153 Å². The van der Waals surface area contributed by atoms with Crippen LogP contribution in [0.1, 0.15) is 36.0 Å². The van der Waals surface area contributed by atoms with E-state index in [4.69, 9.17) is 0 Å². The van der Waals surface area contributed by atoms with Crippen molar-refractivity contribution in [3.63, 3.8) is 0 Å². The van der Waals surface area contributed by atoms with Crippen LogP contribution < -0.4 is 5.32 Å². The molecule has 0 radical (unpaired) electrons. The number of hydrogen-bond acceptors (Lipinski definition) is 4. The summed E-state index contributed by atoms with van der Waals surface area (Å²) < 4.78 is 0. The van der Waals surface area contributed by atoms with Crippen LogP contribution in [0.25, 0.3) is 0 Å². The minimum atomic E-state index is -0.288. The van der Waals surface area contributed by atoms with Gasteiger partial charge >= 0.3 is 0 Å². The maximum atomic E-state index is 12.3. The van der Waals surface area contributed by atoms with Crippen LogP contribution in [0.2, 0.25) is 0 Å². The van der Waals surface area contributed by atoms with Crippen LogP contribution in [0.5, 0.6) is 0 Å². The zero-order valence-electron chi connectivity index (χ0n) is 15.7. The van der Waals surface area contributed by atoms with Gasteiger partial charge in [0.05, 0.1) is 6.54 Å². The Balaban J connectivity index is 1.87. The van der Waals surface area contributed by atoms with Gasteiger partial charge in [0.1, 0.15) is 0 Å². The smallest absolute Gasteiger partial charge is 0.243 e. The van der Waals surface area contributed by atoms with E-state index in [1.165, 1.54) is 11.9 Å². The summed E-state index contributed by atoms with van der Waals surface area (Å²) in [5.41, 5.74) is 3.82. The maximum Gasteiger partial charge on any atom is 0.243 e. The van der Waals surface area contributed by atoms with Crippen LogP contribution in [0, 0.1) is 20.8 Å². The fraction of sp³-hybridized carbons (Fsp3) is 0.474. The molecule has 1 saturated heterocycles. The first-order valence-electron chi connectivity index (χ1n) is 8.64. The highest BCUT2D eigenvalue weighted by molar-refractivity contribution is 6.02. The standard InChI is InChI=1S/C19H25N3O4/c1-12-9-13(2)19(14(3)10-12)20-15(23)11-21(4)16(24)7-8-22-17(25)5-6-18(22)26/h9-10H,5-8,11H2,1-4H3,(H,20,23). The zero-order chi connectivity index (χ0) is 19.4. The molecule has 1 aliphatic rings. The number of rotatable bonds is 6. The number of likely N-dealkylation sites (tertiary alicyclic amines) is 1. The Kier molecular flexibility index (Phi) is 6.13. The summed E-state index contributed by atoms with van der Waals surface area (Å²) in [6, 6.07) is 3.98. The first-order chi connectivity index (χ1) is 12.2. The van der Waals surface area contributed by atoms with Gasteiger partial charge in [-0.15, -0.1) is 0 Å². The number of likely N-dealkylation sites (N-methyl/N-ethyl adjacent to an activating group) is 1. The van der Waals surface area contributed by atoms with Crippen molar-refractivity contribution in [3.8, 4) is 0 Å². The molecule has 1 aromatic carbocycles. The van der Waals surface area contributed by atoms with E-state index in [0.29, 0.717) is 0 Å². The topological polar surface area (TPSA) is 86.8 Å². The Morgan fingerprint density at radius 1 is 1.08 bits per heavy atom. The quantitative estimate of drug-likeness (QED) is 0.781. The molecule has 7 nitrogen and oxygen atoms in total. The molecule has 2 rings (SSSR count). The highest BCUT2D eigenvalue weighted by Crippen LogP contribution is 2.21. The molecule has 26 heavy (non-hydrogen) atoms. The molecule has 0 spiro atoms. The monoisotopic (exact) mass is 359 g/mol. The number of carbonyl (C=O) groups excluding carboxylic acids is 4. The number of imide groups is 1. The summed E-state index contributed by atoms with van der Waals surface area (Å²) in [6.45, 7) is 5.82. The number of hydrogen-bond donors (Lipinski definition) is 1. The van der Waals surface area contributed by atoms with Gasteiger partial charge in [0, 0.05) is 38.5 Å². The highest BCUT2D eigenvalue weighted by atomic mass is 16.2. The van der Waals surface area contributed by atoms with Crippen LogP contribution in [0.15, 0.2) is 12.1 Å². The predicted molar refractivity (Wildman–Crippen MR) is 97.5 cm³/mol. The molecular weight excluding hydrogens is 334 g/mol. The van der Waals surface area contributed by atoms with E-state index < -0.39 is 0 Å². The minimum Gasteiger partial charge on any atom is -0.336 e. The number of aryl methyl sites for hydroxylation is 3. The van der Waals surface area contributed by atoms with Crippen LogP contribution in [0.4, 0.5) is 5.69 Å². The lowest BCUT2D eigenvalue weighted by Crippen LogP contribution is -2.38. The van der Waals surface area contributed by atoms with E-state index in [2.05, 4.69) is 5.32 Å². The molecular formula is C19H25N3O4. The molecule has 0 atom stereocenters. The summed E-state index contributed by atoms with van der Waals surface area (Å²) >= 11 is 0. The SMILES string of the molecule is Cc1cc(C)c(NC(=O)CN(C)C(=O)CCN2C(=O)CCC2=O)c(C)c1. The molecule has 1 aromatic rings. The van der Waals surface area contributed by atoms with E-state index in [1.54, 1.807) is 0 Å². The second kappa shape index (κ2) is 8.12. The molecule has 0 unspecified atom stereocenters. The van der Waals surface area contributed by atoms with Crippen LogP contribution in [-0.4, -0.2) is 53.6 Å². The summed E-state index contributed by atoms with van der Waals surface area (Å²) in [5.74, 6) is -1.06. The second-order valence-corrected chi connectivity index (χ2v) is 6.76. The van der Waals surface area contributed by atoms with E-state index >= 15 is 0 Å². The highest BCUT2D eigenvalue weighted by Gasteiger charge is 2.29. The number of benzene rings is 1. The summed E-state index contributed by atoms with van der Waals surface area (Å²) in [4.78, 5) is 50.0. The van der Waals surface area contributed by atoms with Crippen molar-refractivity contribution in [2.24, 2.45) is 0 Å². The number of anilines is 1. The van der Waals surface area contributed by atoms with Gasteiger partial charge in [-0.2, -0.15) is 0 Å². The van der Waals surface area contributed by atoms with Crippen LogP contribution in [0.3, 0.4) is 0 Å². The first kappa shape index (κ1) is 19.6. The van der Waals surface area contributed by atoms with Crippen LogP contribution >= 0.6 is 0 Å². The van der Waals surface area contributed by atoms with Gasteiger partial charge in [-0.05, 0) is 31.9 Å². The van der Waals surface area contributed by atoms with E-state index in [0.717, 1.165) is 27.3 Å². The summed E-state index contributed by atoms with van der Waals surface area (Å²) in [6.07, 6.45) is 0.435. The Morgan fingerprint density at radius 2 is 1.62 bits per heavy atom. The van der Waals surface area contributed by atoms with Gasteiger partial charge in [-0.1, -0.05) is 17.7 Å². The summed E-state index contributed by atoms with van der Waals surface area (Å²) in [5, 5.41) is 2.85. The molecule has 0 saturated carbocycles. The van der Waals surface area contributed by atoms with E-state index in [-0.39, 0.29) is 56.0 Å². The number of amides is 4. The van der Waals surface area contributed by atoms with Gasteiger partial charge in [-0.25, -0.2) is 0 Å². The Morgan fingerprint density at radius 3 is 2.15 bits per heavy atom. The Bertz CT molecular complexity index is 718. The molecule has 1 fully saturated rings. The molecule has 1 heterocycles. The van der Waals surface area contributed by atoms with Gasteiger partial charge in [-0.3, -0.25) is 24.1 Å². The number of nitrogens with zero attached hydrogens (tertiary/aromatic N) is 2. The molecule has 0 bridgehead atoms. The maximum absolute atomic E-state index is 12.3. The van der Waals surface area contributed by atoms with Gasteiger partial charge in [0.15, 0.2) is 0 Å². The molecule has 140 valence electrons. The fourth-order valence-corrected chi connectivity index (χ4v) is 3.13. The largest absolute Gasteiger partial charge is 0.336 e. The van der Waals surface area contributed by atoms with Crippen molar-refractivity contribution in [2.45, 2.75) is 40.0 Å². The minimum absolute atomic E-state index is 0.0177. The van der Waals surface area contributed by atoms with Crippen molar-refractivity contribution in [1.82, 2.24) is 9.80 Å². The second-order valence-electron chi connectivity index (χ2n) is 6.76. The zero-order valence-corrected chi connectivity index (χ0v) is 15.7. The number of nitrogens with one attached hydrogen (secondary N) is 1. The lowest BCUT2D eigenvalue weighted by Gasteiger charge is -2.20. The molecule has 7 heteroatoms. The Hall–Kier alpha value is -2.70. The van der Waals surface area contributed by atoms with E-state index in [1.807, 2.05) is 32.9 Å². The summed E-state index contributed by atoms with van der Waals surface area (Å²) in [7, 11) is 1.53. The van der Waals surface area contributed by atoms with Gasteiger partial charge < -0.3 is 10.2 Å². The third kappa shape index (κ3) is 4.68. The average Bonchev–Trinajstić information content (AvgIpc) is 2.87. The van der Waals surface area contributed by atoms with Gasteiger partial charge in [0.2, 0.25) is 23.6 Å². The molecule has 0 aromatic heterocycles. The van der Waals surface area contributed by atoms with Crippen molar-refractivity contribution in [2.75, 3.05) is 25.5 Å². The van der Waals surface area contributed by atoms with E-state index in [9.17, 15) is 19.2 Å². The molecule has 4 amide bonds. The molecule has 0 aliphatic carbocycles. The molecule has 1 aliphatic heterocycles. The van der Waals surface area contributed by atoms with Crippen molar-refractivity contribution >= 4 is 29.3 Å². The lowest BCUT2D eigenvalue weighted by molar-refractivity contribution is -0.140.